The molecular formula is C28H30N4OS. The number of hydrogen-bond donors (Lipinski definition) is 1. The molecule has 0 aliphatic carbocycles. The Hall–Kier alpha value is -3.30. The highest BCUT2D eigenvalue weighted by Crippen LogP contribution is 2.32. The summed E-state index contributed by atoms with van der Waals surface area (Å²) in [6.45, 7) is 9.30. The number of anilines is 1. The van der Waals surface area contributed by atoms with Gasteiger partial charge in [0.25, 0.3) is 0 Å². The highest BCUT2D eigenvalue weighted by molar-refractivity contribution is 8.00. The zero-order valence-corrected chi connectivity index (χ0v) is 20.9. The van der Waals surface area contributed by atoms with Gasteiger partial charge in [0.15, 0.2) is 0 Å². The van der Waals surface area contributed by atoms with Crippen LogP contribution in [0.15, 0.2) is 59.6 Å². The number of para-hydroxylation sites is 1. The van der Waals surface area contributed by atoms with Gasteiger partial charge in [-0.25, -0.2) is 4.98 Å². The highest BCUT2D eigenvalue weighted by Gasteiger charge is 2.21. The van der Waals surface area contributed by atoms with Crippen molar-refractivity contribution in [3.8, 4) is 6.07 Å². The van der Waals surface area contributed by atoms with Crippen LogP contribution in [0.4, 0.5) is 5.69 Å². The van der Waals surface area contributed by atoms with Gasteiger partial charge in [-0.15, -0.1) is 0 Å². The van der Waals surface area contributed by atoms with Gasteiger partial charge in [-0.05, 0) is 62.1 Å². The van der Waals surface area contributed by atoms with Gasteiger partial charge in [0, 0.05) is 39.7 Å². The Bertz CT molecular complexity index is 1380. The minimum Gasteiger partial charge on any atom is -0.341 e. The maximum Gasteiger partial charge on any atom is 0.237 e. The predicted octanol–water partition coefficient (Wildman–Crippen LogP) is 6.79. The van der Waals surface area contributed by atoms with E-state index >= 15 is 0 Å². The standard InChI is InChI=1S/C28H30N4OS/c1-5-26(34-28-19(17-29)11-12-20(31-28)15-18(3)4)27(33)30-21-13-14-25-23(16-21)22-9-7-8-10-24(22)32(25)6-2/h7-14,16,18,26H,5-6,15H2,1-4H3,(H,30,33). The zero-order valence-electron chi connectivity index (χ0n) is 20.1. The molecule has 0 aliphatic rings. The first-order valence-electron chi connectivity index (χ1n) is 11.8. The number of nitrogens with zero attached hydrogens (tertiary/aromatic N) is 3. The molecule has 4 aromatic rings. The average Bonchev–Trinajstić information content (AvgIpc) is 3.15. The molecule has 2 aromatic carbocycles. The molecule has 4 rings (SSSR count). The molecular weight excluding hydrogens is 440 g/mol. The molecule has 1 unspecified atom stereocenters. The predicted molar refractivity (Wildman–Crippen MR) is 141 cm³/mol. The minimum absolute atomic E-state index is 0.0777. The Balaban J connectivity index is 1.59. The van der Waals surface area contributed by atoms with E-state index in [-0.39, 0.29) is 11.2 Å². The summed E-state index contributed by atoms with van der Waals surface area (Å²) < 4.78 is 2.29. The molecule has 0 bridgehead atoms. The number of amides is 1. The lowest BCUT2D eigenvalue weighted by atomic mass is 10.1. The summed E-state index contributed by atoms with van der Waals surface area (Å²) in [6, 6.07) is 20.4. The molecule has 2 heterocycles. The van der Waals surface area contributed by atoms with E-state index in [4.69, 9.17) is 4.98 Å². The van der Waals surface area contributed by atoms with Gasteiger partial charge in [0.05, 0.1) is 10.8 Å². The van der Waals surface area contributed by atoms with Crippen molar-refractivity contribution in [3.05, 3.63) is 65.9 Å². The number of aromatic nitrogens is 2. The number of aryl methyl sites for hydroxylation is 1. The molecule has 34 heavy (non-hydrogen) atoms. The number of carbonyl (C=O) groups is 1. The third kappa shape index (κ3) is 4.80. The van der Waals surface area contributed by atoms with E-state index in [0.29, 0.717) is 22.9 Å². The maximum absolute atomic E-state index is 13.2. The monoisotopic (exact) mass is 470 g/mol. The SMILES string of the molecule is CCC(Sc1nc(CC(C)C)ccc1C#N)C(=O)Nc1ccc2c(c1)c1ccccc1n2CC. The van der Waals surface area contributed by atoms with Gasteiger partial charge in [-0.1, -0.05) is 50.7 Å². The van der Waals surface area contributed by atoms with Crippen molar-refractivity contribution in [2.75, 3.05) is 5.32 Å². The summed E-state index contributed by atoms with van der Waals surface area (Å²) in [5, 5.41) is 15.3. The molecule has 0 radical (unpaired) electrons. The van der Waals surface area contributed by atoms with E-state index in [1.54, 1.807) is 0 Å². The van der Waals surface area contributed by atoms with Crippen molar-refractivity contribution in [3.63, 3.8) is 0 Å². The van der Waals surface area contributed by atoms with Gasteiger partial charge < -0.3 is 9.88 Å². The molecule has 0 saturated heterocycles. The van der Waals surface area contributed by atoms with E-state index < -0.39 is 0 Å². The molecule has 2 aromatic heterocycles. The summed E-state index contributed by atoms with van der Waals surface area (Å²) in [7, 11) is 0. The third-order valence-corrected chi connectivity index (χ3v) is 7.30. The summed E-state index contributed by atoms with van der Waals surface area (Å²) in [4.78, 5) is 17.9. The van der Waals surface area contributed by atoms with Crippen LogP contribution in [0.1, 0.15) is 45.4 Å². The Kier molecular flexibility index (Phi) is 7.23. The van der Waals surface area contributed by atoms with Gasteiger partial charge >= 0.3 is 0 Å². The normalized spacial score (nSPS) is 12.2. The average molecular weight is 471 g/mol. The van der Waals surface area contributed by atoms with Crippen molar-refractivity contribution in [1.82, 2.24) is 9.55 Å². The van der Waals surface area contributed by atoms with Crippen LogP contribution >= 0.6 is 11.8 Å². The first-order chi connectivity index (χ1) is 16.4. The maximum atomic E-state index is 13.2. The Morgan fingerprint density at radius 2 is 1.85 bits per heavy atom. The highest BCUT2D eigenvalue weighted by atomic mass is 32.2. The lowest BCUT2D eigenvalue weighted by molar-refractivity contribution is -0.115. The topological polar surface area (TPSA) is 70.7 Å². The van der Waals surface area contributed by atoms with Crippen LogP contribution in [0.25, 0.3) is 21.8 Å². The fourth-order valence-electron chi connectivity index (χ4n) is 4.34. The zero-order chi connectivity index (χ0) is 24.2. The van der Waals surface area contributed by atoms with Crippen LogP contribution in [0, 0.1) is 17.2 Å². The number of fused-ring (bicyclic) bond motifs is 3. The molecule has 0 spiro atoms. The van der Waals surface area contributed by atoms with Crippen LogP contribution in [-0.4, -0.2) is 20.7 Å². The second-order valence-electron chi connectivity index (χ2n) is 8.86. The van der Waals surface area contributed by atoms with E-state index in [1.807, 2.05) is 31.2 Å². The van der Waals surface area contributed by atoms with E-state index in [9.17, 15) is 10.1 Å². The summed E-state index contributed by atoms with van der Waals surface area (Å²) in [5.41, 5.74) is 4.59. The lowest BCUT2D eigenvalue weighted by Crippen LogP contribution is -2.24. The summed E-state index contributed by atoms with van der Waals surface area (Å²) in [6.07, 6.45) is 1.47. The molecule has 1 N–H and O–H groups in total. The largest absolute Gasteiger partial charge is 0.341 e. The Morgan fingerprint density at radius 1 is 1.09 bits per heavy atom. The molecule has 0 saturated carbocycles. The third-order valence-electron chi connectivity index (χ3n) is 5.93. The summed E-state index contributed by atoms with van der Waals surface area (Å²) in [5.74, 6) is 0.392. The molecule has 1 amide bonds. The van der Waals surface area contributed by atoms with Gasteiger partial charge in [-0.3, -0.25) is 4.79 Å². The van der Waals surface area contributed by atoms with E-state index in [1.165, 1.54) is 22.7 Å². The minimum atomic E-state index is -0.346. The van der Waals surface area contributed by atoms with Crippen molar-refractivity contribution >= 4 is 45.2 Å². The van der Waals surface area contributed by atoms with Crippen LogP contribution < -0.4 is 5.32 Å². The number of nitriles is 1. The molecule has 6 heteroatoms. The molecule has 5 nitrogen and oxygen atoms in total. The fourth-order valence-corrected chi connectivity index (χ4v) is 5.35. The lowest BCUT2D eigenvalue weighted by Gasteiger charge is -2.16. The molecule has 0 aliphatic heterocycles. The van der Waals surface area contributed by atoms with Gasteiger partial charge in [0.1, 0.15) is 11.1 Å². The van der Waals surface area contributed by atoms with Crippen LogP contribution in [0.3, 0.4) is 0 Å². The van der Waals surface area contributed by atoms with Crippen LogP contribution in [0.5, 0.6) is 0 Å². The molecule has 1 atom stereocenters. The Labute approximate surface area is 205 Å². The number of rotatable bonds is 8. The first-order valence-corrected chi connectivity index (χ1v) is 12.7. The first kappa shape index (κ1) is 23.8. The number of carbonyl (C=O) groups excluding carboxylic acids is 1. The van der Waals surface area contributed by atoms with Crippen molar-refractivity contribution < 1.29 is 4.79 Å². The molecule has 0 fully saturated rings. The second kappa shape index (κ2) is 10.3. The van der Waals surface area contributed by atoms with Gasteiger partial charge in [0.2, 0.25) is 5.91 Å². The van der Waals surface area contributed by atoms with Crippen LogP contribution in [0.2, 0.25) is 0 Å². The number of pyridine rings is 1. The smallest absolute Gasteiger partial charge is 0.237 e. The quantitative estimate of drug-likeness (QED) is 0.288. The fraction of sp³-hybridized carbons (Fsp3) is 0.321. The van der Waals surface area contributed by atoms with Crippen molar-refractivity contribution in [1.29, 1.82) is 5.26 Å². The van der Waals surface area contributed by atoms with Crippen molar-refractivity contribution in [2.45, 2.75) is 57.4 Å². The molecule has 174 valence electrons. The summed E-state index contributed by atoms with van der Waals surface area (Å²) >= 11 is 1.37. The Morgan fingerprint density at radius 3 is 2.56 bits per heavy atom. The van der Waals surface area contributed by atoms with Gasteiger partial charge in [-0.2, -0.15) is 5.26 Å². The number of nitrogens with one attached hydrogen (secondary N) is 1. The van der Waals surface area contributed by atoms with E-state index in [2.05, 4.69) is 67.1 Å². The van der Waals surface area contributed by atoms with Crippen LogP contribution in [-0.2, 0) is 17.8 Å². The van der Waals surface area contributed by atoms with E-state index in [0.717, 1.165) is 35.2 Å². The second-order valence-corrected chi connectivity index (χ2v) is 10.1. The number of thioether (sulfide) groups is 1. The van der Waals surface area contributed by atoms with Crippen molar-refractivity contribution in [2.24, 2.45) is 5.92 Å². The number of hydrogen-bond acceptors (Lipinski definition) is 4. The number of benzene rings is 2.